The van der Waals surface area contributed by atoms with Crippen LogP contribution in [0.2, 0.25) is 0 Å². The van der Waals surface area contributed by atoms with E-state index >= 15 is 0 Å². The third kappa shape index (κ3) is 9.15. The number of aliphatic hydroxyl groups is 1. The molecule has 0 bridgehead atoms. The molecule has 2 heterocycles. The minimum atomic E-state index is -0.888. The number of aromatic nitrogens is 1. The number of likely N-dealkylation sites (tertiary alicyclic amines) is 1. The second-order valence-electron chi connectivity index (χ2n) is 12.7. The number of benzene rings is 4. The molecular weight excluding hydrogens is 662 g/mol. The summed E-state index contributed by atoms with van der Waals surface area (Å²) in [4.78, 5) is 42.2. The van der Waals surface area contributed by atoms with Gasteiger partial charge in [0.1, 0.15) is 17.6 Å². The van der Waals surface area contributed by atoms with Gasteiger partial charge in [0.05, 0.1) is 30.1 Å². The van der Waals surface area contributed by atoms with Gasteiger partial charge in [-0.15, -0.1) is 0 Å². The Labute approximate surface area is 301 Å². The number of nitrogens with zero attached hydrogens (tertiary/aromatic N) is 1. The van der Waals surface area contributed by atoms with E-state index in [1.54, 1.807) is 25.3 Å². The predicted octanol–water partition coefficient (Wildman–Crippen LogP) is 5.77. The van der Waals surface area contributed by atoms with Crippen molar-refractivity contribution in [3.8, 4) is 22.6 Å². The van der Waals surface area contributed by atoms with Crippen molar-refractivity contribution in [2.45, 2.75) is 38.0 Å². The molecule has 6 rings (SSSR count). The minimum Gasteiger partial charge on any atom is -0.506 e. The standard InChI is InChI=1S/C40H43N5O7/c1-51-36-23-26(24-41-25-35(47)30-12-15-34(46)39-31(30)13-16-37(48)44-39)11-14-33(36)42-38(49)19-22-45-20-17-28(18-21-45)52-40(50)43-32-10-6-5-9-29(32)27-7-3-2-4-8-27/h2-16,23,28,35,41,46-47H,17-22,24-25H2,1H3,(H,42,49)(H,43,50)(H,44,48)/t35-/m1/s1. The number of ether oxygens (including phenoxy) is 2. The van der Waals surface area contributed by atoms with Crippen LogP contribution in [0.3, 0.4) is 0 Å². The number of fused-ring (bicyclic) bond motifs is 1. The molecule has 52 heavy (non-hydrogen) atoms. The number of aromatic amines is 1. The maximum atomic E-state index is 12.9. The molecule has 6 N–H and O–H groups in total. The molecule has 1 saturated heterocycles. The molecule has 4 aromatic carbocycles. The summed E-state index contributed by atoms with van der Waals surface area (Å²) >= 11 is 0. The van der Waals surface area contributed by atoms with Crippen LogP contribution in [-0.2, 0) is 16.1 Å². The molecule has 1 aromatic heterocycles. The van der Waals surface area contributed by atoms with E-state index in [0.717, 1.165) is 16.7 Å². The van der Waals surface area contributed by atoms with E-state index in [1.807, 2.05) is 66.7 Å². The molecule has 1 aliphatic rings. The third-order valence-electron chi connectivity index (χ3n) is 9.18. The van der Waals surface area contributed by atoms with Crippen molar-refractivity contribution in [2.24, 2.45) is 0 Å². The smallest absolute Gasteiger partial charge is 0.411 e. The summed E-state index contributed by atoms with van der Waals surface area (Å²) in [6.07, 6.45) is 0.100. The van der Waals surface area contributed by atoms with Crippen molar-refractivity contribution in [2.75, 3.05) is 43.9 Å². The Bertz CT molecular complexity index is 2060. The van der Waals surface area contributed by atoms with Gasteiger partial charge in [0, 0.05) is 56.2 Å². The molecule has 2 amide bonds. The molecule has 12 heteroatoms. The van der Waals surface area contributed by atoms with Crippen LogP contribution in [0.15, 0.2) is 102 Å². The van der Waals surface area contributed by atoms with Crippen molar-refractivity contribution in [1.82, 2.24) is 15.2 Å². The number of aromatic hydroxyl groups is 1. The summed E-state index contributed by atoms with van der Waals surface area (Å²) in [6, 6.07) is 29.0. The molecule has 1 atom stereocenters. The number of hydrogen-bond donors (Lipinski definition) is 6. The number of H-pyrrole nitrogens is 1. The van der Waals surface area contributed by atoms with E-state index in [0.29, 0.717) is 73.5 Å². The topological polar surface area (TPSA) is 165 Å². The number of carbonyl (C=O) groups excluding carboxylic acids is 2. The Morgan fingerprint density at radius 1 is 0.923 bits per heavy atom. The van der Waals surface area contributed by atoms with Gasteiger partial charge in [-0.2, -0.15) is 0 Å². The summed E-state index contributed by atoms with van der Waals surface area (Å²) in [5, 5.41) is 30.6. The Kier molecular flexibility index (Phi) is 11.8. The number of carbonyl (C=O) groups is 2. The number of nitrogens with one attached hydrogen (secondary N) is 4. The van der Waals surface area contributed by atoms with Crippen LogP contribution < -0.4 is 26.2 Å². The monoisotopic (exact) mass is 705 g/mol. The fourth-order valence-corrected chi connectivity index (χ4v) is 6.44. The molecule has 1 aliphatic heterocycles. The molecule has 0 spiro atoms. The van der Waals surface area contributed by atoms with Crippen molar-refractivity contribution in [3.05, 3.63) is 119 Å². The highest BCUT2D eigenvalue weighted by molar-refractivity contribution is 5.93. The lowest BCUT2D eigenvalue weighted by Crippen LogP contribution is -2.39. The third-order valence-corrected chi connectivity index (χ3v) is 9.18. The first-order valence-electron chi connectivity index (χ1n) is 17.3. The van der Waals surface area contributed by atoms with Crippen molar-refractivity contribution >= 4 is 34.3 Å². The largest absolute Gasteiger partial charge is 0.506 e. The van der Waals surface area contributed by atoms with E-state index in [9.17, 15) is 24.6 Å². The summed E-state index contributed by atoms with van der Waals surface area (Å²) in [5.74, 6) is 0.320. The highest BCUT2D eigenvalue weighted by atomic mass is 16.6. The van der Waals surface area contributed by atoms with Crippen LogP contribution in [0.5, 0.6) is 11.5 Å². The first-order valence-corrected chi connectivity index (χ1v) is 17.3. The number of para-hydroxylation sites is 1. The molecular formula is C40H43N5O7. The average molecular weight is 706 g/mol. The average Bonchev–Trinajstić information content (AvgIpc) is 3.16. The van der Waals surface area contributed by atoms with E-state index in [-0.39, 0.29) is 35.4 Å². The van der Waals surface area contributed by atoms with Gasteiger partial charge in [-0.1, -0.05) is 60.7 Å². The van der Waals surface area contributed by atoms with Gasteiger partial charge in [-0.25, -0.2) is 4.79 Å². The summed E-state index contributed by atoms with van der Waals surface area (Å²) < 4.78 is 11.3. The molecule has 270 valence electrons. The second kappa shape index (κ2) is 17.0. The molecule has 12 nitrogen and oxygen atoms in total. The number of anilines is 2. The van der Waals surface area contributed by atoms with E-state index < -0.39 is 12.2 Å². The van der Waals surface area contributed by atoms with Gasteiger partial charge in [0.25, 0.3) is 0 Å². The normalized spacial score (nSPS) is 14.1. The summed E-state index contributed by atoms with van der Waals surface area (Å²) in [6.45, 7) is 2.66. The number of piperidine rings is 1. The SMILES string of the molecule is COc1cc(CNC[C@@H](O)c2ccc(O)c3[nH]c(=O)ccc23)ccc1NC(=O)CCN1CCC(OC(=O)Nc2ccccc2-c2ccccc2)CC1. The number of methoxy groups -OCH3 is 1. The molecule has 1 fully saturated rings. The van der Waals surface area contributed by atoms with Crippen LogP contribution in [0.4, 0.5) is 16.2 Å². The fourth-order valence-electron chi connectivity index (χ4n) is 6.44. The molecule has 0 saturated carbocycles. The molecule has 0 aliphatic carbocycles. The van der Waals surface area contributed by atoms with Crippen molar-refractivity contribution in [3.63, 3.8) is 0 Å². The second-order valence-corrected chi connectivity index (χ2v) is 12.7. The van der Waals surface area contributed by atoms with E-state index in [4.69, 9.17) is 9.47 Å². The number of pyridine rings is 1. The van der Waals surface area contributed by atoms with Crippen molar-refractivity contribution < 1.29 is 29.3 Å². The predicted molar refractivity (Wildman–Crippen MR) is 201 cm³/mol. The van der Waals surface area contributed by atoms with Gasteiger partial charge in [0.15, 0.2) is 0 Å². The summed E-state index contributed by atoms with van der Waals surface area (Å²) in [5.41, 5.74) is 4.60. The lowest BCUT2D eigenvalue weighted by atomic mass is 10.0. The minimum absolute atomic E-state index is 0.0636. The Hall–Kier alpha value is -5.69. The van der Waals surface area contributed by atoms with Gasteiger partial charge in [0.2, 0.25) is 11.5 Å². The lowest BCUT2D eigenvalue weighted by Gasteiger charge is -2.31. The zero-order valence-corrected chi connectivity index (χ0v) is 28.9. The number of phenolic OH excluding ortho intramolecular Hbond substituents is 1. The maximum absolute atomic E-state index is 12.9. The summed E-state index contributed by atoms with van der Waals surface area (Å²) in [7, 11) is 1.54. The first kappa shape index (κ1) is 36.1. The van der Waals surface area contributed by atoms with Crippen LogP contribution >= 0.6 is 0 Å². The van der Waals surface area contributed by atoms with Crippen LogP contribution in [0.25, 0.3) is 22.0 Å². The van der Waals surface area contributed by atoms with Gasteiger partial charge in [-0.3, -0.25) is 14.9 Å². The highest BCUT2D eigenvalue weighted by Gasteiger charge is 2.23. The van der Waals surface area contributed by atoms with Gasteiger partial charge in [-0.05, 0) is 59.9 Å². The number of rotatable bonds is 13. The van der Waals surface area contributed by atoms with Gasteiger partial charge >= 0.3 is 6.09 Å². The quantitative estimate of drug-likeness (QED) is 0.0892. The molecule has 5 aromatic rings. The number of hydrogen-bond acceptors (Lipinski definition) is 9. The number of aliphatic hydroxyl groups excluding tert-OH is 1. The first-order chi connectivity index (χ1) is 25.3. The Morgan fingerprint density at radius 2 is 1.69 bits per heavy atom. The van der Waals surface area contributed by atoms with E-state index in [2.05, 4.69) is 25.8 Å². The highest BCUT2D eigenvalue weighted by Crippen LogP contribution is 2.30. The van der Waals surface area contributed by atoms with Crippen LogP contribution in [0.1, 0.15) is 36.5 Å². The lowest BCUT2D eigenvalue weighted by molar-refractivity contribution is -0.116. The molecule has 0 unspecified atom stereocenters. The molecule has 0 radical (unpaired) electrons. The van der Waals surface area contributed by atoms with Crippen molar-refractivity contribution in [1.29, 1.82) is 0 Å². The Morgan fingerprint density at radius 3 is 2.48 bits per heavy atom. The van der Waals surface area contributed by atoms with Crippen LogP contribution in [-0.4, -0.2) is 71.5 Å². The van der Waals surface area contributed by atoms with Gasteiger partial charge < -0.3 is 40.2 Å². The fraction of sp³-hybridized carbons (Fsp3) is 0.275. The maximum Gasteiger partial charge on any atom is 0.411 e. The van der Waals surface area contributed by atoms with E-state index in [1.165, 1.54) is 12.1 Å². The zero-order valence-electron chi connectivity index (χ0n) is 28.9. The Balaban J connectivity index is 0.923. The number of phenols is 1. The van der Waals surface area contributed by atoms with Crippen LogP contribution in [0, 0.1) is 0 Å². The zero-order chi connectivity index (χ0) is 36.5. The number of amides is 2.